The zero-order valence-corrected chi connectivity index (χ0v) is 14.9. The third kappa shape index (κ3) is 2.94. The Balaban J connectivity index is 1.99. The molecule has 1 aromatic heterocycles. The SMILES string of the molecule is Cc1ccc(-c2cc(-c3ccc(C)cc3C)nc3ccccc23)cc1. The molecule has 1 heteroatoms. The minimum absolute atomic E-state index is 1.03. The molecule has 0 saturated heterocycles. The normalized spacial score (nSPS) is 11.0. The number of benzene rings is 3. The molecule has 0 spiro atoms. The summed E-state index contributed by atoms with van der Waals surface area (Å²) in [5, 5.41) is 1.19. The number of para-hydroxylation sites is 1. The highest BCUT2D eigenvalue weighted by Crippen LogP contribution is 2.33. The van der Waals surface area contributed by atoms with E-state index in [1.54, 1.807) is 0 Å². The summed E-state index contributed by atoms with van der Waals surface area (Å²) >= 11 is 0. The summed E-state index contributed by atoms with van der Waals surface area (Å²) in [7, 11) is 0. The molecule has 0 unspecified atom stereocenters. The van der Waals surface area contributed by atoms with Crippen molar-refractivity contribution in [1.82, 2.24) is 4.98 Å². The van der Waals surface area contributed by atoms with Gasteiger partial charge in [-0.15, -0.1) is 0 Å². The third-order valence-corrected chi connectivity index (χ3v) is 4.74. The third-order valence-electron chi connectivity index (χ3n) is 4.74. The predicted octanol–water partition coefficient (Wildman–Crippen LogP) is 6.49. The first-order valence-electron chi connectivity index (χ1n) is 8.66. The fourth-order valence-corrected chi connectivity index (χ4v) is 3.39. The molecule has 4 aromatic rings. The van der Waals surface area contributed by atoms with Crippen LogP contribution < -0.4 is 0 Å². The number of rotatable bonds is 2. The van der Waals surface area contributed by atoms with Crippen LogP contribution in [0.2, 0.25) is 0 Å². The quantitative estimate of drug-likeness (QED) is 0.410. The van der Waals surface area contributed by atoms with Crippen LogP contribution in [-0.2, 0) is 0 Å². The van der Waals surface area contributed by atoms with Crippen LogP contribution in [0.5, 0.6) is 0 Å². The highest BCUT2D eigenvalue weighted by Gasteiger charge is 2.11. The van der Waals surface area contributed by atoms with Crippen molar-refractivity contribution >= 4 is 10.9 Å². The van der Waals surface area contributed by atoms with Gasteiger partial charge in [-0.1, -0.05) is 71.8 Å². The maximum atomic E-state index is 4.94. The van der Waals surface area contributed by atoms with Crippen molar-refractivity contribution in [3.8, 4) is 22.4 Å². The Labute approximate surface area is 149 Å². The van der Waals surface area contributed by atoms with Gasteiger partial charge in [0.1, 0.15) is 0 Å². The van der Waals surface area contributed by atoms with E-state index in [4.69, 9.17) is 4.98 Å². The minimum atomic E-state index is 1.03. The van der Waals surface area contributed by atoms with Crippen molar-refractivity contribution < 1.29 is 0 Å². The number of fused-ring (bicyclic) bond motifs is 1. The Morgan fingerprint density at radius 2 is 1.36 bits per heavy atom. The number of pyridine rings is 1. The second-order valence-corrected chi connectivity index (χ2v) is 6.76. The Bertz CT molecular complexity index is 1060. The van der Waals surface area contributed by atoms with Crippen LogP contribution in [0.25, 0.3) is 33.3 Å². The molecule has 122 valence electrons. The molecule has 25 heavy (non-hydrogen) atoms. The summed E-state index contributed by atoms with van der Waals surface area (Å²) in [5.41, 5.74) is 9.55. The van der Waals surface area contributed by atoms with Gasteiger partial charge in [0.05, 0.1) is 11.2 Å². The molecule has 1 heterocycles. The van der Waals surface area contributed by atoms with Gasteiger partial charge in [-0.25, -0.2) is 4.98 Å². The van der Waals surface area contributed by atoms with E-state index in [0.717, 1.165) is 11.2 Å². The molecule has 0 radical (unpaired) electrons. The monoisotopic (exact) mass is 323 g/mol. The first-order chi connectivity index (χ1) is 12.1. The molecule has 4 rings (SSSR count). The molecule has 0 N–H and O–H groups in total. The lowest BCUT2D eigenvalue weighted by molar-refractivity contribution is 1.33. The van der Waals surface area contributed by atoms with Gasteiger partial charge in [0.2, 0.25) is 0 Å². The highest BCUT2D eigenvalue weighted by atomic mass is 14.7. The van der Waals surface area contributed by atoms with Crippen LogP contribution in [-0.4, -0.2) is 4.98 Å². The van der Waals surface area contributed by atoms with E-state index in [2.05, 4.69) is 93.6 Å². The zero-order chi connectivity index (χ0) is 17.4. The molecule has 0 fully saturated rings. The first kappa shape index (κ1) is 15.6. The molecule has 1 nitrogen and oxygen atoms in total. The van der Waals surface area contributed by atoms with E-state index in [1.165, 1.54) is 38.8 Å². The molecular weight excluding hydrogens is 302 g/mol. The van der Waals surface area contributed by atoms with Crippen LogP contribution in [0.1, 0.15) is 16.7 Å². The Hall–Kier alpha value is -2.93. The van der Waals surface area contributed by atoms with Gasteiger partial charge in [-0.2, -0.15) is 0 Å². The largest absolute Gasteiger partial charge is 0.248 e. The molecule has 0 bridgehead atoms. The maximum absolute atomic E-state index is 4.94. The summed E-state index contributed by atoms with van der Waals surface area (Å²) in [6.45, 7) is 6.41. The molecule has 0 saturated carbocycles. The lowest BCUT2D eigenvalue weighted by Crippen LogP contribution is -1.92. The van der Waals surface area contributed by atoms with Gasteiger partial charge in [-0.05, 0) is 49.6 Å². The average molecular weight is 323 g/mol. The number of aryl methyl sites for hydroxylation is 3. The van der Waals surface area contributed by atoms with Crippen LogP contribution in [0, 0.1) is 20.8 Å². The van der Waals surface area contributed by atoms with Crippen molar-refractivity contribution in [2.75, 3.05) is 0 Å². The Kier molecular flexibility index (Phi) is 3.85. The predicted molar refractivity (Wildman–Crippen MR) is 107 cm³/mol. The standard InChI is InChI=1S/C24H21N/c1-16-8-11-19(12-9-16)22-15-24(20-13-10-17(2)14-18(20)3)25-23-7-5-4-6-21(22)23/h4-15H,1-3H3. The highest BCUT2D eigenvalue weighted by molar-refractivity contribution is 5.96. The van der Waals surface area contributed by atoms with Crippen molar-refractivity contribution in [2.24, 2.45) is 0 Å². The molecule has 0 aliphatic rings. The number of hydrogen-bond donors (Lipinski definition) is 0. The van der Waals surface area contributed by atoms with Crippen LogP contribution in [0.15, 0.2) is 72.8 Å². The summed E-state index contributed by atoms with van der Waals surface area (Å²) in [4.78, 5) is 4.94. The van der Waals surface area contributed by atoms with Crippen molar-refractivity contribution in [1.29, 1.82) is 0 Å². The molecule has 0 amide bonds. The molecule has 3 aromatic carbocycles. The maximum Gasteiger partial charge on any atom is 0.0718 e. The lowest BCUT2D eigenvalue weighted by atomic mass is 9.96. The van der Waals surface area contributed by atoms with Crippen LogP contribution in [0.4, 0.5) is 0 Å². The van der Waals surface area contributed by atoms with E-state index in [-0.39, 0.29) is 0 Å². The van der Waals surface area contributed by atoms with Crippen LogP contribution >= 0.6 is 0 Å². The zero-order valence-electron chi connectivity index (χ0n) is 14.9. The Morgan fingerprint density at radius 1 is 0.640 bits per heavy atom. The van der Waals surface area contributed by atoms with E-state index >= 15 is 0 Å². The van der Waals surface area contributed by atoms with Crippen molar-refractivity contribution in [2.45, 2.75) is 20.8 Å². The van der Waals surface area contributed by atoms with Gasteiger partial charge in [0, 0.05) is 10.9 Å². The summed E-state index contributed by atoms with van der Waals surface area (Å²) in [5.74, 6) is 0. The van der Waals surface area contributed by atoms with E-state index in [0.29, 0.717) is 0 Å². The molecular formula is C24H21N. The van der Waals surface area contributed by atoms with E-state index < -0.39 is 0 Å². The smallest absolute Gasteiger partial charge is 0.0718 e. The summed E-state index contributed by atoms with van der Waals surface area (Å²) in [6, 6.07) is 25.9. The Morgan fingerprint density at radius 3 is 2.12 bits per heavy atom. The summed E-state index contributed by atoms with van der Waals surface area (Å²) < 4.78 is 0. The first-order valence-corrected chi connectivity index (χ1v) is 8.66. The number of hydrogen-bond acceptors (Lipinski definition) is 1. The fourth-order valence-electron chi connectivity index (χ4n) is 3.39. The lowest BCUT2D eigenvalue weighted by Gasteiger charge is -2.12. The number of aromatic nitrogens is 1. The topological polar surface area (TPSA) is 12.9 Å². The van der Waals surface area contributed by atoms with Gasteiger partial charge >= 0.3 is 0 Å². The molecule has 0 atom stereocenters. The fraction of sp³-hybridized carbons (Fsp3) is 0.125. The van der Waals surface area contributed by atoms with Gasteiger partial charge in [0.25, 0.3) is 0 Å². The number of nitrogens with zero attached hydrogens (tertiary/aromatic N) is 1. The second kappa shape index (κ2) is 6.18. The summed E-state index contributed by atoms with van der Waals surface area (Å²) in [6.07, 6.45) is 0. The minimum Gasteiger partial charge on any atom is -0.248 e. The molecule has 0 aliphatic carbocycles. The van der Waals surface area contributed by atoms with Crippen molar-refractivity contribution in [3.05, 3.63) is 89.5 Å². The van der Waals surface area contributed by atoms with E-state index in [1.807, 2.05) is 0 Å². The molecule has 0 aliphatic heterocycles. The average Bonchev–Trinajstić information content (AvgIpc) is 2.61. The van der Waals surface area contributed by atoms with Gasteiger partial charge < -0.3 is 0 Å². The van der Waals surface area contributed by atoms with Gasteiger partial charge in [0.15, 0.2) is 0 Å². The van der Waals surface area contributed by atoms with E-state index in [9.17, 15) is 0 Å². The van der Waals surface area contributed by atoms with Crippen LogP contribution in [0.3, 0.4) is 0 Å². The van der Waals surface area contributed by atoms with Crippen molar-refractivity contribution in [3.63, 3.8) is 0 Å². The second-order valence-electron chi connectivity index (χ2n) is 6.76. The van der Waals surface area contributed by atoms with Gasteiger partial charge in [-0.3, -0.25) is 0 Å².